The van der Waals surface area contributed by atoms with Gasteiger partial charge in [0, 0.05) is 24.4 Å². The molecule has 0 unspecified atom stereocenters. The van der Waals surface area contributed by atoms with Crippen LogP contribution in [0.25, 0.3) is 11.1 Å². The SMILES string of the molecule is Cc1ccc(-c2c(CCC(N)=O)c(C)nc(CC(C)C)c2CN)cc1.Cl.Cl. The Bertz CT molecular complexity index is 759. The molecule has 1 heterocycles. The molecule has 2 aromatic rings. The number of nitrogens with two attached hydrogens (primary N) is 2. The Labute approximate surface area is 175 Å². The lowest BCUT2D eigenvalue weighted by Crippen LogP contribution is -2.16. The van der Waals surface area contributed by atoms with Crippen molar-refractivity contribution in [1.82, 2.24) is 4.98 Å². The minimum Gasteiger partial charge on any atom is -0.370 e. The van der Waals surface area contributed by atoms with Crippen molar-refractivity contribution in [2.24, 2.45) is 17.4 Å². The molecule has 1 aromatic carbocycles. The highest BCUT2D eigenvalue weighted by molar-refractivity contribution is 5.85. The van der Waals surface area contributed by atoms with E-state index in [0.717, 1.165) is 40.1 Å². The molecule has 27 heavy (non-hydrogen) atoms. The van der Waals surface area contributed by atoms with Gasteiger partial charge < -0.3 is 11.5 Å². The van der Waals surface area contributed by atoms with E-state index in [-0.39, 0.29) is 30.7 Å². The van der Waals surface area contributed by atoms with Crippen molar-refractivity contribution in [2.45, 2.75) is 53.5 Å². The van der Waals surface area contributed by atoms with Crippen LogP contribution in [0.15, 0.2) is 24.3 Å². The van der Waals surface area contributed by atoms with E-state index < -0.39 is 0 Å². The van der Waals surface area contributed by atoms with Crippen LogP contribution >= 0.6 is 24.8 Å². The number of amides is 1. The first-order valence-electron chi connectivity index (χ1n) is 8.90. The molecule has 0 bridgehead atoms. The van der Waals surface area contributed by atoms with Crippen LogP contribution in [0.2, 0.25) is 0 Å². The molecule has 4 N–H and O–H groups in total. The van der Waals surface area contributed by atoms with Crippen LogP contribution in [0, 0.1) is 19.8 Å². The maximum Gasteiger partial charge on any atom is 0.217 e. The molecule has 0 aliphatic carbocycles. The molecule has 0 aliphatic heterocycles. The number of carbonyl (C=O) groups excluding carboxylic acids is 1. The van der Waals surface area contributed by atoms with Gasteiger partial charge in [0.05, 0.1) is 0 Å². The predicted molar refractivity (Wildman–Crippen MR) is 118 cm³/mol. The summed E-state index contributed by atoms with van der Waals surface area (Å²) < 4.78 is 0. The highest BCUT2D eigenvalue weighted by atomic mass is 35.5. The summed E-state index contributed by atoms with van der Waals surface area (Å²) in [4.78, 5) is 16.2. The number of carbonyl (C=O) groups is 1. The molecule has 1 amide bonds. The molecule has 0 radical (unpaired) electrons. The summed E-state index contributed by atoms with van der Waals surface area (Å²) in [6.45, 7) is 8.89. The van der Waals surface area contributed by atoms with Crippen LogP contribution in [0.3, 0.4) is 0 Å². The topological polar surface area (TPSA) is 82.0 Å². The summed E-state index contributed by atoms with van der Waals surface area (Å²) in [5, 5.41) is 0. The van der Waals surface area contributed by atoms with Gasteiger partial charge in [0.25, 0.3) is 0 Å². The standard InChI is InChI=1S/C21H29N3O.2ClH/c1-13(2)11-19-18(12-22)21(16-7-5-14(3)6-8-16)17(15(4)24-19)9-10-20(23)25;;/h5-8,13H,9-12,22H2,1-4H3,(H2,23,25);2*1H. The number of nitrogens with zero attached hydrogens (tertiary/aromatic N) is 1. The number of aryl methyl sites for hydroxylation is 2. The largest absolute Gasteiger partial charge is 0.370 e. The average molecular weight is 412 g/mol. The van der Waals surface area contributed by atoms with Crippen LogP contribution < -0.4 is 11.5 Å². The third kappa shape index (κ3) is 6.49. The van der Waals surface area contributed by atoms with Crippen LogP contribution in [-0.4, -0.2) is 10.9 Å². The van der Waals surface area contributed by atoms with Crippen molar-refractivity contribution < 1.29 is 4.79 Å². The lowest BCUT2D eigenvalue weighted by Gasteiger charge is -2.21. The average Bonchev–Trinajstić information content (AvgIpc) is 2.53. The van der Waals surface area contributed by atoms with Gasteiger partial charge in [-0.15, -0.1) is 24.8 Å². The van der Waals surface area contributed by atoms with E-state index in [1.165, 1.54) is 5.56 Å². The number of primary amides is 1. The van der Waals surface area contributed by atoms with Gasteiger partial charge in [-0.2, -0.15) is 0 Å². The number of pyridine rings is 1. The lowest BCUT2D eigenvalue weighted by molar-refractivity contribution is -0.117. The predicted octanol–water partition coefficient (Wildman–Crippen LogP) is 4.28. The maximum absolute atomic E-state index is 11.3. The summed E-state index contributed by atoms with van der Waals surface area (Å²) in [6.07, 6.45) is 1.80. The van der Waals surface area contributed by atoms with Gasteiger partial charge in [-0.05, 0) is 54.9 Å². The highest BCUT2D eigenvalue weighted by Gasteiger charge is 2.19. The van der Waals surface area contributed by atoms with Crippen LogP contribution in [0.1, 0.15) is 48.3 Å². The second kappa shape index (κ2) is 11.3. The number of halogens is 2. The zero-order valence-electron chi connectivity index (χ0n) is 16.5. The minimum absolute atomic E-state index is 0. The first-order valence-corrected chi connectivity index (χ1v) is 8.90. The van der Waals surface area contributed by atoms with Crippen molar-refractivity contribution in [3.63, 3.8) is 0 Å². The fourth-order valence-corrected chi connectivity index (χ4v) is 3.24. The molecule has 0 saturated carbocycles. The fraction of sp³-hybridized carbons (Fsp3) is 0.429. The van der Waals surface area contributed by atoms with Gasteiger partial charge in [0.15, 0.2) is 0 Å². The van der Waals surface area contributed by atoms with E-state index in [9.17, 15) is 4.79 Å². The molecule has 0 aliphatic rings. The van der Waals surface area contributed by atoms with Gasteiger partial charge in [-0.3, -0.25) is 9.78 Å². The number of rotatable bonds is 7. The van der Waals surface area contributed by atoms with Crippen LogP contribution in [0.4, 0.5) is 0 Å². The second-order valence-corrected chi connectivity index (χ2v) is 7.11. The molecule has 0 atom stereocenters. The molecule has 0 saturated heterocycles. The third-order valence-corrected chi connectivity index (χ3v) is 4.46. The molecule has 0 spiro atoms. The Hall–Kier alpha value is -1.62. The van der Waals surface area contributed by atoms with E-state index in [1.54, 1.807) is 0 Å². The monoisotopic (exact) mass is 411 g/mol. The quantitative estimate of drug-likeness (QED) is 0.712. The fourth-order valence-electron chi connectivity index (χ4n) is 3.24. The Balaban J connectivity index is 0.00000338. The molecule has 1 aromatic heterocycles. The van der Waals surface area contributed by atoms with Crippen molar-refractivity contribution >= 4 is 30.7 Å². The molecule has 4 nitrogen and oxygen atoms in total. The Morgan fingerprint density at radius 2 is 1.67 bits per heavy atom. The first-order chi connectivity index (χ1) is 11.8. The number of benzene rings is 1. The Morgan fingerprint density at radius 3 is 2.15 bits per heavy atom. The van der Waals surface area contributed by atoms with Crippen LogP contribution in [0.5, 0.6) is 0 Å². The summed E-state index contributed by atoms with van der Waals surface area (Å²) in [6, 6.07) is 8.45. The smallest absolute Gasteiger partial charge is 0.217 e. The van der Waals surface area contributed by atoms with Crippen molar-refractivity contribution in [2.75, 3.05) is 0 Å². The summed E-state index contributed by atoms with van der Waals surface area (Å²) >= 11 is 0. The molecular weight excluding hydrogens is 381 g/mol. The molecule has 2 rings (SSSR count). The van der Waals surface area contributed by atoms with Crippen LogP contribution in [-0.2, 0) is 24.2 Å². The highest BCUT2D eigenvalue weighted by Crippen LogP contribution is 2.33. The molecule has 6 heteroatoms. The zero-order valence-corrected chi connectivity index (χ0v) is 18.2. The Kier molecular flexibility index (Phi) is 10.6. The number of hydrogen-bond acceptors (Lipinski definition) is 3. The van der Waals surface area contributed by atoms with Gasteiger partial charge in [-0.25, -0.2) is 0 Å². The summed E-state index contributed by atoms with van der Waals surface area (Å²) in [5.74, 6) is 0.203. The van der Waals surface area contributed by atoms with E-state index in [2.05, 4.69) is 45.0 Å². The third-order valence-electron chi connectivity index (χ3n) is 4.46. The van der Waals surface area contributed by atoms with Gasteiger partial charge in [0.2, 0.25) is 5.91 Å². The number of hydrogen-bond donors (Lipinski definition) is 2. The van der Waals surface area contributed by atoms with Gasteiger partial charge >= 0.3 is 0 Å². The molecule has 150 valence electrons. The van der Waals surface area contributed by atoms with Crippen molar-refractivity contribution in [3.05, 3.63) is 52.3 Å². The Morgan fingerprint density at radius 1 is 1.07 bits per heavy atom. The first kappa shape index (κ1) is 25.4. The van der Waals surface area contributed by atoms with Crippen molar-refractivity contribution in [3.8, 4) is 11.1 Å². The van der Waals surface area contributed by atoms with E-state index in [4.69, 9.17) is 16.5 Å². The van der Waals surface area contributed by atoms with E-state index in [1.807, 2.05) is 6.92 Å². The number of aromatic nitrogens is 1. The van der Waals surface area contributed by atoms with Crippen molar-refractivity contribution in [1.29, 1.82) is 0 Å². The van der Waals surface area contributed by atoms with E-state index >= 15 is 0 Å². The van der Waals surface area contributed by atoms with Gasteiger partial charge in [-0.1, -0.05) is 43.7 Å². The van der Waals surface area contributed by atoms with E-state index in [0.29, 0.717) is 25.3 Å². The normalized spacial score (nSPS) is 10.3. The summed E-state index contributed by atoms with van der Waals surface area (Å²) in [5.41, 5.74) is 19.2. The maximum atomic E-state index is 11.3. The summed E-state index contributed by atoms with van der Waals surface area (Å²) in [7, 11) is 0. The molecular formula is C21H31Cl2N3O. The minimum atomic E-state index is -0.296. The zero-order chi connectivity index (χ0) is 18.6. The lowest BCUT2D eigenvalue weighted by atomic mass is 9.88. The molecule has 0 fully saturated rings. The second-order valence-electron chi connectivity index (χ2n) is 7.11. The van der Waals surface area contributed by atoms with Gasteiger partial charge in [0.1, 0.15) is 0 Å².